The Bertz CT molecular complexity index is 508. The van der Waals surface area contributed by atoms with E-state index in [1.54, 1.807) is 24.3 Å². The van der Waals surface area contributed by atoms with Crippen molar-refractivity contribution in [1.82, 2.24) is 0 Å². The van der Waals surface area contributed by atoms with Crippen LogP contribution in [-0.2, 0) is 0 Å². The molecule has 0 saturated heterocycles. The van der Waals surface area contributed by atoms with Gasteiger partial charge in [0.15, 0.2) is 5.22 Å². The monoisotopic (exact) mass is 276 g/mol. The first-order valence-electron chi connectivity index (χ1n) is 4.45. The second kappa shape index (κ2) is 4.68. The highest BCUT2D eigenvalue weighted by Crippen LogP contribution is 2.34. The molecular formula is C11H7Cl3O2. The Labute approximate surface area is 107 Å². The van der Waals surface area contributed by atoms with E-state index in [0.29, 0.717) is 21.2 Å². The average Bonchev–Trinajstić information content (AvgIpc) is 2.67. The third-order valence-electron chi connectivity index (χ3n) is 2.19. The summed E-state index contributed by atoms with van der Waals surface area (Å²) in [5, 5.41) is 11.1. The van der Waals surface area contributed by atoms with Crippen molar-refractivity contribution in [1.29, 1.82) is 0 Å². The maximum Gasteiger partial charge on any atom is 0.199 e. The molecule has 5 heteroatoms. The Morgan fingerprint density at radius 1 is 1.06 bits per heavy atom. The van der Waals surface area contributed by atoms with Gasteiger partial charge >= 0.3 is 0 Å². The fourth-order valence-corrected chi connectivity index (χ4v) is 2.01. The van der Waals surface area contributed by atoms with Crippen LogP contribution in [0.2, 0.25) is 15.3 Å². The largest absolute Gasteiger partial charge is 0.453 e. The molecule has 2 rings (SSSR count). The van der Waals surface area contributed by atoms with Gasteiger partial charge in [0.2, 0.25) is 0 Å². The fraction of sp³-hybridized carbons (Fsp3) is 0.0909. The molecule has 84 valence electrons. The lowest BCUT2D eigenvalue weighted by Gasteiger charge is -2.11. The summed E-state index contributed by atoms with van der Waals surface area (Å²) in [5.41, 5.74) is 0.961. The van der Waals surface area contributed by atoms with Crippen molar-refractivity contribution in [2.24, 2.45) is 0 Å². The summed E-state index contributed by atoms with van der Waals surface area (Å²) in [4.78, 5) is 0. The lowest BCUT2D eigenvalue weighted by atomic mass is 10.0. The highest BCUT2D eigenvalue weighted by Gasteiger charge is 2.18. The Morgan fingerprint density at radius 3 is 2.44 bits per heavy atom. The van der Waals surface area contributed by atoms with Gasteiger partial charge in [-0.15, -0.1) is 0 Å². The van der Waals surface area contributed by atoms with Crippen LogP contribution in [-0.4, -0.2) is 5.11 Å². The van der Waals surface area contributed by atoms with Gasteiger partial charge in [0, 0.05) is 21.2 Å². The first-order chi connectivity index (χ1) is 7.59. The number of benzene rings is 1. The molecule has 0 fully saturated rings. The maximum atomic E-state index is 10.1. The molecular weight excluding hydrogens is 270 g/mol. The second-order valence-corrected chi connectivity index (χ2v) is 4.40. The average molecular weight is 278 g/mol. The smallest absolute Gasteiger partial charge is 0.199 e. The summed E-state index contributed by atoms with van der Waals surface area (Å²) in [7, 11) is 0. The Morgan fingerprint density at radius 2 is 1.81 bits per heavy atom. The molecule has 0 amide bonds. The van der Waals surface area contributed by atoms with Crippen molar-refractivity contribution in [3.05, 3.63) is 56.9 Å². The normalized spacial score (nSPS) is 12.8. The molecule has 1 unspecified atom stereocenters. The molecule has 16 heavy (non-hydrogen) atoms. The number of rotatable bonds is 2. The second-order valence-electron chi connectivity index (χ2n) is 3.22. The van der Waals surface area contributed by atoms with Gasteiger partial charge in [0.1, 0.15) is 6.10 Å². The minimum absolute atomic E-state index is 0.142. The quantitative estimate of drug-likeness (QED) is 0.887. The maximum absolute atomic E-state index is 10.1. The van der Waals surface area contributed by atoms with E-state index >= 15 is 0 Å². The molecule has 2 aromatic rings. The van der Waals surface area contributed by atoms with Crippen LogP contribution in [0.25, 0.3) is 0 Å². The predicted octanol–water partition coefficient (Wildman–Crippen LogP) is 4.32. The first-order valence-corrected chi connectivity index (χ1v) is 5.59. The van der Waals surface area contributed by atoms with Crippen molar-refractivity contribution >= 4 is 34.8 Å². The summed E-state index contributed by atoms with van der Waals surface area (Å²) in [5.74, 6) is 0. The molecule has 0 saturated carbocycles. The first kappa shape index (κ1) is 11.8. The van der Waals surface area contributed by atoms with Gasteiger partial charge in [-0.25, -0.2) is 0 Å². The molecule has 1 atom stereocenters. The number of hydrogen-bond acceptors (Lipinski definition) is 2. The molecule has 0 spiro atoms. The van der Waals surface area contributed by atoms with E-state index in [9.17, 15) is 5.11 Å². The van der Waals surface area contributed by atoms with Crippen LogP contribution in [0.1, 0.15) is 17.2 Å². The van der Waals surface area contributed by atoms with Crippen LogP contribution in [0, 0.1) is 0 Å². The minimum Gasteiger partial charge on any atom is -0.453 e. The molecule has 1 N–H and O–H groups in total. The summed E-state index contributed by atoms with van der Waals surface area (Å²) in [6.45, 7) is 0. The van der Waals surface area contributed by atoms with Gasteiger partial charge in [0.25, 0.3) is 0 Å². The zero-order valence-corrected chi connectivity index (χ0v) is 10.2. The Hall–Kier alpha value is -0.670. The van der Waals surface area contributed by atoms with Gasteiger partial charge < -0.3 is 9.52 Å². The molecule has 0 radical (unpaired) electrons. The highest BCUT2D eigenvalue weighted by atomic mass is 35.5. The van der Waals surface area contributed by atoms with Crippen molar-refractivity contribution in [3.63, 3.8) is 0 Å². The van der Waals surface area contributed by atoms with Crippen molar-refractivity contribution < 1.29 is 9.52 Å². The van der Waals surface area contributed by atoms with Crippen molar-refractivity contribution in [3.8, 4) is 0 Å². The van der Waals surface area contributed by atoms with E-state index in [4.69, 9.17) is 39.2 Å². The number of aliphatic hydroxyl groups excluding tert-OH is 1. The van der Waals surface area contributed by atoms with Crippen LogP contribution < -0.4 is 0 Å². The topological polar surface area (TPSA) is 33.4 Å². The molecule has 0 aliphatic carbocycles. The van der Waals surface area contributed by atoms with Crippen LogP contribution in [0.4, 0.5) is 0 Å². The molecule has 1 aromatic carbocycles. The number of aliphatic hydroxyl groups is 1. The lowest BCUT2D eigenvalue weighted by Crippen LogP contribution is -1.99. The number of furan rings is 1. The summed E-state index contributed by atoms with van der Waals surface area (Å²) in [6, 6.07) is 6.45. The zero-order valence-electron chi connectivity index (χ0n) is 7.95. The summed E-state index contributed by atoms with van der Waals surface area (Å²) in [6.07, 6.45) is 0.455. The van der Waals surface area contributed by atoms with E-state index in [1.165, 1.54) is 6.26 Å². The third-order valence-corrected chi connectivity index (χ3v) is 3.08. The lowest BCUT2D eigenvalue weighted by molar-refractivity contribution is 0.219. The Balaban J connectivity index is 2.45. The predicted molar refractivity (Wildman–Crippen MR) is 64.2 cm³/mol. The summed E-state index contributed by atoms with van der Waals surface area (Å²) < 4.78 is 4.91. The van der Waals surface area contributed by atoms with E-state index in [1.807, 2.05) is 0 Å². The van der Waals surface area contributed by atoms with Crippen molar-refractivity contribution in [2.75, 3.05) is 0 Å². The summed E-state index contributed by atoms with van der Waals surface area (Å²) >= 11 is 17.6. The number of halogens is 3. The minimum atomic E-state index is -0.947. The van der Waals surface area contributed by atoms with Crippen LogP contribution >= 0.6 is 34.8 Å². The van der Waals surface area contributed by atoms with Gasteiger partial charge in [-0.1, -0.05) is 23.2 Å². The van der Waals surface area contributed by atoms with E-state index in [-0.39, 0.29) is 5.22 Å². The SMILES string of the molecule is OC(c1cc(Cl)ccc1Cl)c1ccoc1Cl. The van der Waals surface area contributed by atoms with Gasteiger partial charge in [-0.2, -0.15) is 0 Å². The molecule has 0 aliphatic heterocycles. The van der Waals surface area contributed by atoms with Crippen LogP contribution in [0.5, 0.6) is 0 Å². The third kappa shape index (κ3) is 2.20. The van der Waals surface area contributed by atoms with E-state index < -0.39 is 6.10 Å². The number of hydrogen-bond donors (Lipinski definition) is 1. The van der Waals surface area contributed by atoms with Gasteiger partial charge in [-0.3, -0.25) is 0 Å². The molecule has 0 aliphatic rings. The van der Waals surface area contributed by atoms with Gasteiger partial charge in [0.05, 0.1) is 6.26 Å². The van der Waals surface area contributed by atoms with Gasteiger partial charge in [-0.05, 0) is 35.9 Å². The molecule has 1 heterocycles. The van der Waals surface area contributed by atoms with E-state index in [2.05, 4.69) is 0 Å². The van der Waals surface area contributed by atoms with Crippen molar-refractivity contribution in [2.45, 2.75) is 6.10 Å². The molecule has 1 aromatic heterocycles. The van der Waals surface area contributed by atoms with Crippen LogP contribution in [0.15, 0.2) is 34.9 Å². The molecule has 0 bridgehead atoms. The van der Waals surface area contributed by atoms with E-state index in [0.717, 1.165) is 0 Å². The van der Waals surface area contributed by atoms with Crippen LogP contribution in [0.3, 0.4) is 0 Å². The standard InChI is InChI=1S/C11H7Cl3O2/c12-6-1-2-9(13)8(5-6)10(15)7-3-4-16-11(7)14/h1-5,10,15H. The molecule has 2 nitrogen and oxygen atoms in total. The highest BCUT2D eigenvalue weighted by molar-refractivity contribution is 6.33. The Kier molecular flexibility index (Phi) is 3.45. The zero-order chi connectivity index (χ0) is 11.7. The fourth-order valence-electron chi connectivity index (χ4n) is 1.39.